The lowest BCUT2D eigenvalue weighted by molar-refractivity contribution is -0.136. The number of likely N-dealkylation sites (tertiary alicyclic amines) is 2. The van der Waals surface area contributed by atoms with Gasteiger partial charge in [-0.05, 0) is 42.2 Å². The van der Waals surface area contributed by atoms with E-state index in [0.717, 1.165) is 27.7 Å². The largest absolute Gasteiger partial charge is 0.453 e. The van der Waals surface area contributed by atoms with Crippen LogP contribution in [0.15, 0.2) is 55.0 Å². The van der Waals surface area contributed by atoms with Crippen LogP contribution in [0.5, 0.6) is 11.5 Å². The molecular weight excluding hydrogens is 781 g/mol. The number of carbonyl (C=O) groups excluding carboxylic acids is 4. The molecule has 3 aliphatic rings. The number of aromatic nitrogens is 5. The zero-order valence-electron chi connectivity index (χ0n) is 34.0. The van der Waals surface area contributed by atoms with Gasteiger partial charge in [-0.2, -0.15) is 0 Å². The summed E-state index contributed by atoms with van der Waals surface area (Å²) in [6.45, 7) is 6.94. The van der Waals surface area contributed by atoms with Crippen LogP contribution in [-0.4, -0.2) is 110 Å². The van der Waals surface area contributed by atoms with Crippen molar-refractivity contribution in [1.29, 1.82) is 0 Å². The first-order chi connectivity index (χ1) is 28.8. The first kappa shape index (κ1) is 40.3. The number of hydrogen-bond acceptors (Lipinski definition) is 9. The summed E-state index contributed by atoms with van der Waals surface area (Å²) < 4.78 is 47.8. The number of nitrogens with one attached hydrogen (secondary N) is 4. The molecule has 3 aliphatic heterocycles. The zero-order chi connectivity index (χ0) is 42.6. The van der Waals surface area contributed by atoms with Crippen molar-refractivity contribution in [2.24, 2.45) is 11.8 Å². The molecule has 5 aromatic rings. The number of hydrogen-bond donors (Lipinski definition) is 4. The maximum Gasteiger partial charge on any atom is 0.407 e. The second-order valence-corrected chi connectivity index (χ2v) is 16.1. The van der Waals surface area contributed by atoms with Crippen LogP contribution < -0.4 is 15.4 Å². The molecule has 18 heteroatoms. The molecule has 0 aliphatic carbocycles. The predicted molar refractivity (Wildman–Crippen MR) is 215 cm³/mol. The second-order valence-electron chi connectivity index (χ2n) is 16.1. The number of amides is 4. The topological polar surface area (TPSA) is 189 Å². The molecule has 2 saturated heterocycles. The molecule has 316 valence electrons. The van der Waals surface area contributed by atoms with Crippen molar-refractivity contribution in [3.63, 3.8) is 0 Å². The number of benzene rings is 2. The lowest BCUT2D eigenvalue weighted by atomic mass is 10.0. The van der Waals surface area contributed by atoms with Crippen molar-refractivity contribution in [2.45, 2.75) is 77.0 Å². The molecule has 0 radical (unpaired) electrons. The third kappa shape index (κ3) is 7.27. The number of nitrogens with zero attached hydrogens (tertiary/aromatic N) is 5. The molecule has 6 atom stereocenters. The van der Waals surface area contributed by atoms with Gasteiger partial charge < -0.3 is 49.2 Å². The number of alkyl carbamates (subject to hydrolysis) is 2. The van der Waals surface area contributed by atoms with Crippen LogP contribution in [0, 0.1) is 11.8 Å². The molecule has 4 N–H and O–H groups in total. The van der Waals surface area contributed by atoms with E-state index in [1.165, 1.54) is 24.0 Å². The Kier molecular flexibility index (Phi) is 10.7. The Labute approximate surface area is 344 Å². The number of methoxy groups -OCH3 is 2. The molecular formula is C42H47F2N9O7. The van der Waals surface area contributed by atoms with Crippen LogP contribution in [0.4, 0.5) is 18.4 Å². The number of rotatable bonds is 10. The molecule has 2 aromatic carbocycles. The van der Waals surface area contributed by atoms with E-state index in [1.807, 2.05) is 47.2 Å². The van der Waals surface area contributed by atoms with E-state index in [0.29, 0.717) is 34.5 Å². The molecule has 16 nitrogen and oxygen atoms in total. The van der Waals surface area contributed by atoms with E-state index in [9.17, 15) is 28.0 Å². The van der Waals surface area contributed by atoms with Gasteiger partial charge in [-0.25, -0.2) is 28.3 Å². The summed E-state index contributed by atoms with van der Waals surface area (Å²) in [5.41, 5.74) is 4.54. The zero-order valence-corrected chi connectivity index (χ0v) is 34.0. The SMILES string of the molecule is COC(=O)N[C@H](C(=O)N1C[C@H](F)C[C@H]1c1ncc(-c2ccc3c(c2)Oc2ccc(-c4cnc([C@@H]5C[C@@H](F)CN5C(=O)[C@@H](NC(=O)OC)C(C)C)[nH]4)c4ccn-3c24)[nH]1)C(C)C. The Balaban J connectivity index is 1.03. The third-order valence-corrected chi connectivity index (χ3v) is 11.5. The summed E-state index contributed by atoms with van der Waals surface area (Å²) >= 11 is 0. The van der Waals surface area contributed by atoms with Crippen LogP contribution in [0.1, 0.15) is 64.3 Å². The smallest absolute Gasteiger partial charge is 0.407 e. The van der Waals surface area contributed by atoms with Gasteiger partial charge in [0.05, 0.1) is 74.4 Å². The monoisotopic (exact) mass is 827 g/mol. The molecule has 60 heavy (non-hydrogen) atoms. The van der Waals surface area contributed by atoms with Crippen LogP contribution in [0.25, 0.3) is 39.1 Å². The fourth-order valence-electron chi connectivity index (χ4n) is 8.45. The first-order valence-corrected chi connectivity index (χ1v) is 19.9. The van der Waals surface area contributed by atoms with E-state index < -0.39 is 60.5 Å². The average molecular weight is 828 g/mol. The molecule has 0 bridgehead atoms. The van der Waals surface area contributed by atoms with Gasteiger partial charge in [0.25, 0.3) is 0 Å². The first-order valence-electron chi connectivity index (χ1n) is 19.9. The van der Waals surface area contributed by atoms with Crippen LogP contribution in [-0.2, 0) is 19.1 Å². The van der Waals surface area contributed by atoms with Crippen molar-refractivity contribution in [2.75, 3.05) is 27.3 Å². The minimum atomic E-state index is -1.26. The normalized spacial score (nSPS) is 20.6. The third-order valence-electron chi connectivity index (χ3n) is 11.5. The van der Waals surface area contributed by atoms with Gasteiger partial charge in [-0.3, -0.25) is 9.59 Å². The number of halogens is 2. The van der Waals surface area contributed by atoms with Crippen LogP contribution in [0.3, 0.4) is 0 Å². The van der Waals surface area contributed by atoms with Crippen molar-refractivity contribution in [3.05, 3.63) is 66.6 Å². The van der Waals surface area contributed by atoms with E-state index in [-0.39, 0.29) is 37.8 Å². The van der Waals surface area contributed by atoms with Gasteiger partial charge in [-0.1, -0.05) is 33.8 Å². The van der Waals surface area contributed by atoms with Crippen molar-refractivity contribution >= 4 is 34.9 Å². The number of imidazole rings is 2. The molecule has 4 amide bonds. The van der Waals surface area contributed by atoms with Crippen molar-refractivity contribution in [3.8, 4) is 39.7 Å². The minimum Gasteiger partial charge on any atom is -0.453 e. The quantitative estimate of drug-likeness (QED) is 0.120. The van der Waals surface area contributed by atoms with Crippen LogP contribution in [0.2, 0.25) is 0 Å². The lowest BCUT2D eigenvalue weighted by Crippen LogP contribution is -2.51. The van der Waals surface area contributed by atoms with E-state index in [2.05, 4.69) is 30.6 Å². The van der Waals surface area contributed by atoms with Gasteiger partial charge in [0.1, 0.15) is 36.1 Å². The number of aromatic amines is 2. The predicted octanol–water partition coefficient (Wildman–Crippen LogP) is 6.50. The molecule has 0 spiro atoms. The fourth-order valence-corrected chi connectivity index (χ4v) is 8.45. The Hall–Kier alpha value is -6.46. The summed E-state index contributed by atoms with van der Waals surface area (Å²) in [5.74, 6) is 0.712. The van der Waals surface area contributed by atoms with Crippen molar-refractivity contribution < 1.29 is 42.2 Å². The van der Waals surface area contributed by atoms with E-state index in [1.54, 1.807) is 40.1 Å². The van der Waals surface area contributed by atoms with E-state index in [4.69, 9.17) is 14.2 Å². The van der Waals surface area contributed by atoms with Gasteiger partial charge in [0.2, 0.25) is 11.8 Å². The molecule has 3 aromatic heterocycles. The average Bonchev–Trinajstić information content (AvgIpc) is 4.08. The molecule has 0 saturated carbocycles. The summed E-state index contributed by atoms with van der Waals surface area (Å²) in [5, 5.41) is 6.05. The number of H-pyrrole nitrogens is 2. The highest BCUT2D eigenvalue weighted by Crippen LogP contribution is 2.45. The summed E-state index contributed by atoms with van der Waals surface area (Å²) in [6, 6.07) is 8.37. The fraction of sp³-hybridized carbons (Fsp3) is 0.429. The Bertz CT molecular complexity index is 2460. The molecule has 0 unspecified atom stereocenters. The Morgan fingerprint density at radius 1 is 0.767 bits per heavy atom. The van der Waals surface area contributed by atoms with Gasteiger partial charge in [0, 0.05) is 35.6 Å². The molecule has 6 heterocycles. The van der Waals surface area contributed by atoms with Crippen LogP contribution >= 0.6 is 0 Å². The number of ether oxygens (including phenoxy) is 3. The maximum absolute atomic E-state index is 14.9. The van der Waals surface area contributed by atoms with Gasteiger partial charge in [-0.15, -0.1) is 0 Å². The standard InChI is InChI=1S/C42H47F2N9O7/c1-20(2)34(49-41(56)58-5)39(54)52-18-23(43)14-30(52)37-45-16-27(47-37)22-7-9-29-33(13-22)60-32-10-8-25(26-11-12-51(29)36(26)32)28-17-46-38(48-28)31-15-24(44)19-53(31)40(55)35(21(3)4)50-42(57)59-6/h7-13,16-17,20-21,23-24,30-31,34-35H,14-15,18-19H2,1-6H3,(H,45,47)(H,46,48)(H,49,56)(H,50,57)/t23-,24-,30+,31+,34+,35+/m1/s1. The lowest BCUT2D eigenvalue weighted by Gasteiger charge is -2.29. The van der Waals surface area contributed by atoms with E-state index >= 15 is 0 Å². The summed E-state index contributed by atoms with van der Waals surface area (Å²) in [4.78, 5) is 70.0. The molecule has 8 rings (SSSR count). The highest BCUT2D eigenvalue weighted by molar-refractivity contribution is 6.00. The maximum atomic E-state index is 14.9. The highest BCUT2D eigenvalue weighted by atomic mass is 19.1. The molecule has 2 fully saturated rings. The summed E-state index contributed by atoms with van der Waals surface area (Å²) in [6.07, 6.45) is 1.38. The second kappa shape index (κ2) is 16.0. The Morgan fingerprint density at radius 3 is 1.87 bits per heavy atom. The Morgan fingerprint density at radius 2 is 1.32 bits per heavy atom. The number of carbonyl (C=O) groups is 4. The summed E-state index contributed by atoms with van der Waals surface area (Å²) in [7, 11) is 2.44. The number of fused-ring (bicyclic) bond motifs is 2. The minimum absolute atomic E-state index is 0.0585. The van der Waals surface area contributed by atoms with Gasteiger partial charge >= 0.3 is 12.2 Å². The number of alkyl halides is 2. The highest BCUT2D eigenvalue weighted by Gasteiger charge is 2.43. The van der Waals surface area contributed by atoms with Gasteiger partial charge in [0.15, 0.2) is 11.5 Å². The van der Waals surface area contributed by atoms with Crippen molar-refractivity contribution in [1.82, 2.24) is 44.9 Å².